The SMILES string of the molecule is O=C(NCC1CCCN1)c1ccc(Br)cc1C(F)(F)F. The number of carbonyl (C=O) groups excluding carboxylic acids is 1. The lowest BCUT2D eigenvalue weighted by atomic mass is 10.1. The maximum atomic E-state index is 12.9. The smallest absolute Gasteiger partial charge is 0.350 e. The molecule has 3 nitrogen and oxygen atoms in total. The second-order valence-corrected chi connectivity index (χ2v) is 5.61. The van der Waals surface area contributed by atoms with Gasteiger partial charge in [0.05, 0.1) is 11.1 Å². The van der Waals surface area contributed by atoms with Crippen molar-refractivity contribution in [1.29, 1.82) is 0 Å². The van der Waals surface area contributed by atoms with E-state index >= 15 is 0 Å². The van der Waals surface area contributed by atoms with Gasteiger partial charge in [0.2, 0.25) is 0 Å². The molecule has 1 saturated heterocycles. The fraction of sp³-hybridized carbons (Fsp3) is 0.462. The highest BCUT2D eigenvalue weighted by atomic mass is 79.9. The maximum absolute atomic E-state index is 12.9. The summed E-state index contributed by atoms with van der Waals surface area (Å²) in [5, 5.41) is 5.73. The number of hydrogen-bond acceptors (Lipinski definition) is 2. The summed E-state index contributed by atoms with van der Waals surface area (Å²) in [6.07, 6.45) is -2.61. The zero-order valence-corrected chi connectivity index (χ0v) is 12.1. The van der Waals surface area contributed by atoms with Crippen molar-refractivity contribution in [2.45, 2.75) is 25.1 Å². The van der Waals surface area contributed by atoms with Gasteiger partial charge < -0.3 is 10.6 Å². The quantitative estimate of drug-likeness (QED) is 0.879. The molecule has 2 N–H and O–H groups in total. The molecule has 110 valence electrons. The zero-order chi connectivity index (χ0) is 14.8. The van der Waals surface area contributed by atoms with Crippen LogP contribution in [0.25, 0.3) is 0 Å². The lowest BCUT2D eigenvalue weighted by molar-refractivity contribution is -0.138. The Labute approximate surface area is 123 Å². The van der Waals surface area contributed by atoms with Crippen molar-refractivity contribution in [1.82, 2.24) is 10.6 Å². The molecule has 1 aromatic rings. The van der Waals surface area contributed by atoms with Crippen LogP contribution in [0.15, 0.2) is 22.7 Å². The second-order valence-electron chi connectivity index (χ2n) is 4.69. The second kappa shape index (κ2) is 6.13. The van der Waals surface area contributed by atoms with Crippen molar-refractivity contribution in [3.8, 4) is 0 Å². The first-order valence-electron chi connectivity index (χ1n) is 6.26. The molecule has 1 heterocycles. The van der Waals surface area contributed by atoms with E-state index in [-0.39, 0.29) is 11.6 Å². The van der Waals surface area contributed by atoms with E-state index < -0.39 is 17.6 Å². The topological polar surface area (TPSA) is 41.1 Å². The maximum Gasteiger partial charge on any atom is 0.417 e. The summed E-state index contributed by atoms with van der Waals surface area (Å²) in [6.45, 7) is 1.22. The Hall–Kier alpha value is -1.08. The van der Waals surface area contributed by atoms with Gasteiger partial charge in [-0.2, -0.15) is 13.2 Å². The van der Waals surface area contributed by atoms with Crippen molar-refractivity contribution < 1.29 is 18.0 Å². The molecule has 0 bridgehead atoms. The average Bonchev–Trinajstić information content (AvgIpc) is 2.88. The number of benzene rings is 1. The summed E-state index contributed by atoms with van der Waals surface area (Å²) in [6, 6.07) is 3.68. The molecule has 20 heavy (non-hydrogen) atoms. The minimum Gasteiger partial charge on any atom is -0.350 e. The van der Waals surface area contributed by atoms with Crippen LogP contribution >= 0.6 is 15.9 Å². The van der Waals surface area contributed by atoms with Crippen molar-refractivity contribution in [3.63, 3.8) is 0 Å². The van der Waals surface area contributed by atoms with Gasteiger partial charge in [-0.3, -0.25) is 4.79 Å². The third-order valence-electron chi connectivity index (χ3n) is 3.20. The highest BCUT2D eigenvalue weighted by Crippen LogP contribution is 2.33. The highest BCUT2D eigenvalue weighted by molar-refractivity contribution is 9.10. The molecule has 0 aliphatic carbocycles. The van der Waals surface area contributed by atoms with Gasteiger partial charge in [-0.25, -0.2) is 0 Å². The molecular formula is C13H14BrF3N2O. The molecule has 0 saturated carbocycles. The summed E-state index contributed by atoms with van der Waals surface area (Å²) in [4.78, 5) is 11.9. The number of halogens is 4. The molecule has 1 aliphatic heterocycles. The first-order valence-corrected chi connectivity index (χ1v) is 7.05. The van der Waals surface area contributed by atoms with Gasteiger partial charge in [0, 0.05) is 17.1 Å². The Morgan fingerprint density at radius 2 is 2.20 bits per heavy atom. The normalized spacial score (nSPS) is 19.1. The van der Waals surface area contributed by atoms with Crippen LogP contribution < -0.4 is 10.6 Å². The molecule has 1 unspecified atom stereocenters. The molecule has 0 spiro atoms. The van der Waals surface area contributed by atoms with Crippen LogP contribution in [-0.2, 0) is 6.18 Å². The van der Waals surface area contributed by atoms with E-state index in [1.165, 1.54) is 12.1 Å². The van der Waals surface area contributed by atoms with Crippen LogP contribution in [-0.4, -0.2) is 25.0 Å². The number of carbonyl (C=O) groups is 1. The Kier molecular flexibility index (Phi) is 4.70. The van der Waals surface area contributed by atoms with Gasteiger partial charge in [-0.15, -0.1) is 0 Å². The van der Waals surface area contributed by atoms with Crippen LogP contribution in [0.2, 0.25) is 0 Å². The van der Waals surface area contributed by atoms with Crippen molar-refractivity contribution in [3.05, 3.63) is 33.8 Å². The Balaban J connectivity index is 2.12. The van der Waals surface area contributed by atoms with Gasteiger partial charge in [-0.05, 0) is 37.6 Å². The third-order valence-corrected chi connectivity index (χ3v) is 3.70. The minimum atomic E-state index is -4.55. The predicted octanol–water partition coefficient (Wildman–Crippen LogP) is 2.95. The molecule has 2 rings (SSSR count). The monoisotopic (exact) mass is 350 g/mol. The van der Waals surface area contributed by atoms with Crippen molar-refractivity contribution in [2.24, 2.45) is 0 Å². The van der Waals surface area contributed by atoms with E-state index in [9.17, 15) is 18.0 Å². The van der Waals surface area contributed by atoms with Crippen LogP contribution in [0, 0.1) is 0 Å². The number of hydrogen-bond donors (Lipinski definition) is 2. The van der Waals surface area contributed by atoms with E-state index in [2.05, 4.69) is 26.6 Å². The molecule has 1 aliphatic rings. The predicted molar refractivity (Wildman–Crippen MR) is 72.5 cm³/mol. The Morgan fingerprint density at radius 1 is 1.45 bits per heavy atom. The fourth-order valence-corrected chi connectivity index (χ4v) is 2.55. The van der Waals surface area contributed by atoms with Crippen LogP contribution in [0.5, 0.6) is 0 Å². The van der Waals surface area contributed by atoms with Crippen molar-refractivity contribution >= 4 is 21.8 Å². The molecule has 1 aromatic carbocycles. The van der Waals surface area contributed by atoms with E-state index in [1.54, 1.807) is 0 Å². The van der Waals surface area contributed by atoms with Gasteiger partial charge in [-0.1, -0.05) is 15.9 Å². The van der Waals surface area contributed by atoms with E-state index in [0.29, 0.717) is 11.0 Å². The zero-order valence-electron chi connectivity index (χ0n) is 10.6. The molecule has 7 heteroatoms. The number of rotatable bonds is 3. The molecule has 1 atom stereocenters. The molecule has 0 aromatic heterocycles. The van der Waals surface area contributed by atoms with E-state index in [4.69, 9.17) is 0 Å². The lowest BCUT2D eigenvalue weighted by Crippen LogP contribution is -2.37. The minimum absolute atomic E-state index is 0.142. The number of nitrogens with one attached hydrogen (secondary N) is 2. The average molecular weight is 351 g/mol. The largest absolute Gasteiger partial charge is 0.417 e. The van der Waals surface area contributed by atoms with Crippen LogP contribution in [0.1, 0.15) is 28.8 Å². The van der Waals surface area contributed by atoms with Crippen molar-refractivity contribution in [2.75, 3.05) is 13.1 Å². The molecule has 0 radical (unpaired) electrons. The molecule has 1 fully saturated rings. The standard InChI is InChI=1S/C13H14BrF3N2O/c14-8-3-4-10(11(6-8)13(15,16)17)12(20)19-7-9-2-1-5-18-9/h3-4,6,9,18H,1-2,5,7H2,(H,19,20). The number of amides is 1. The van der Waals surface area contributed by atoms with Gasteiger partial charge >= 0.3 is 6.18 Å². The summed E-state index contributed by atoms with van der Waals surface area (Å²) >= 11 is 2.99. The summed E-state index contributed by atoms with van der Waals surface area (Å²) in [5.41, 5.74) is -1.28. The van der Waals surface area contributed by atoms with Gasteiger partial charge in [0.25, 0.3) is 5.91 Å². The van der Waals surface area contributed by atoms with E-state index in [1.807, 2.05) is 0 Å². The highest BCUT2D eigenvalue weighted by Gasteiger charge is 2.35. The fourth-order valence-electron chi connectivity index (χ4n) is 2.19. The number of alkyl halides is 3. The summed E-state index contributed by atoms with van der Waals surface area (Å²) in [7, 11) is 0. The Morgan fingerprint density at radius 3 is 2.80 bits per heavy atom. The summed E-state index contributed by atoms with van der Waals surface area (Å²) in [5.74, 6) is -0.696. The molecule has 1 amide bonds. The van der Waals surface area contributed by atoms with Gasteiger partial charge in [0.1, 0.15) is 0 Å². The third kappa shape index (κ3) is 3.73. The summed E-state index contributed by atoms with van der Waals surface area (Å²) < 4.78 is 39.0. The first kappa shape index (κ1) is 15.3. The van der Waals surface area contributed by atoms with E-state index in [0.717, 1.165) is 25.5 Å². The molecular weight excluding hydrogens is 337 g/mol. The Bertz CT molecular complexity index is 499. The van der Waals surface area contributed by atoms with Crippen LogP contribution in [0.3, 0.4) is 0 Å². The first-order chi connectivity index (χ1) is 9.38. The lowest BCUT2D eigenvalue weighted by Gasteiger charge is -2.15. The van der Waals surface area contributed by atoms with Crippen LogP contribution in [0.4, 0.5) is 13.2 Å². The van der Waals surface area contributed by atoms with Gasteiger partial charge in [0.15, 0.2) is 0 Å².